The molecule has 1 N–H and O–H groups in total. The van der Waals surface area contributed by atoms with E-state index in [0.717, 1.165) is 29.5 Å². The van der Waals surface area contributed by atoms with Gasteiger partial charge in [-0.05, 0) is 18.2 Å². The van der Waals surface area contributed by atoms with Crippen LogP contribution in [0.2, 0.25) is 0 Å². The average molecular weight is 351 g/mol. The number of nitrogens with one attached hydrogen (secondary N) is 1. The maximum atomic E-state index is 13.7. The van der Waals surface area contributed by atoms with Gasteiger partial charge in [0.15, 0.2) is 5.69 Å². The van der Waals surface area contributed by atoms with Crippen molar-refractivity contribution in [2.45, 2.75) is 26.1 Å². The maximum Gasteiger partial charge on any atom is 0.272 e. The number of rotatable bonds is 6. The fraction of sp³-hybridized carbons (Fsp3) is 0.412. The molecule has 0 unspecified atom stereocenters. The second-order valence-corrected chi connectivity index (χ2v) is 5.71. The van der Waals surface area contributed by atoms with Crippen molar-refractivity contribution in [3.63, 3.8) is 0 Å². The predicted molar refractivity (Wildman–Crippen MR) is 85.0 cm³/mol. The van der Waals surface area contributed by atoms with Crippen molar-refractivity contribution in [1.29, 1.82) is 0 Å². The Hall–Kier alpha value is -2.32. The van der Waals surface area contributed by atoms with Crippen LogP contribution >= 0.6 is 0 Å². The molecule has 6 nitrogen and oxygen atoms in total. The van der Waals surface area contributed by atoms with Gasteiger partial charge in [0.2, 0.25) is 0 Å². The second kappa shape index (κ2) is 7.71. The summed E-state index contributed by atoms with van der Waals surface area (Å²) in [5, 5.41) is 6.95. The molecule has 0 saturated heterocycles. The molecule has 0 saturated carbocycles. The number of carbonyl (C=O) groups excluding carboxylic acids is 1. The van der Waals surface area contributed by atoms with Crippen LogP contribution in [0.25, 0.3) is 0 Å². The van der Waals surface area contributed by atoms with Gasteiger partial charge in [-0.2, -0.15) is 5.10 Å². The van der Waals surface area contributed by atoms with E-state index < -0.39 is 17.5 Å². The van der Waals surface area contributed by atoms with Gasteiger partial charge in [-0.25, -0.2) is 8.78 Å². The summed E-state index contributed by atoms with van der Waals surface area (Å²) in [6.07, 6.45) is 0.665. The number of carbonyl (C=O) groups is 1. The van der Waals surface area contributed by atoms with Crippen molar-refractivity contribution in [3.8, 4) is 0 Å². The molecule has 8 heteroatoms. The van der Waals surface area contributed by atoms with Gasteiger partial charge in [-0.1, -0.05) is 0 Å². The first-order valence-electron chi connectivity index (χ1n) is 7.97. The molecule has 0 radical (unpaired) electrons. The van der Waals surface area contributed by atoms with Crippen molar-refractivity contribution in [3.05, 3.63) is 52.3 Å². The zero-order chi connectivity index (χ0) is 17.8. The maximum absolute atomic E-state index is 13.7. The minimum absolute atomic E-state index is 0.0808. The zero-order valence-corrected chi connectivity index (χ0v) is 13.8. The van der Waals surface area contributed by atoms with Crippen LogP contribution in [-0.2, 0) is 35.6 Å². The molecular formula is C17H19F2N3O3. The van der Waals surface area contributed by atoms with Crippen molar-refractivity contribution < 1.29 is 23.0 Å². The summed E-state index contributed by atoms with van der Waals surface area (Å²) in [4.78, 5) is 12.5. The molecule has 2 aromatic rings. The number of halogens is 2. The quantitative estimate of drug-likeness (QED) is 0.862. The monoisotopic (exact) mass is 351 g/mol. The number of amides is 1. The molecule has 0 spiro atoms. The lowest BCUT2D eigenvalue weighted by molar-refractivity contribution is 0.0922. The van der Waals surface area contributed by atoms with Crippen molar-refractivity contribution in [2.75, 3.05) is 20.3 Å². The van der Waals surface area contributed by atoms with E-state index in [2.05, 4.69) is 10.4 Å². The first kappa shape index (κ1) is 17.5. The molecule has 134 valence electrons. The third-order valence-electron chi connectivity index (χ3n) is 4.07. The Bertz CT molecular complexity index is 777. The summed E-state index contributed by atoms with van der Waals surface area (Å²) >= 11 is 0. The molecule has 0 bridgehead atoms. The molecule has 0 aliphatic carbocycles. The Balaban J connectivity index is 1.77. The fourth-order valence-corrected chi connectivity index (χ4v) is 2.79. The SMILES string of the molecule is COCCn1nc(C(=O)NCc2cc(F)ccc2F)c2c1CCOC2. The first-order chi connectivity index (χ1) is 12.1. The summed E-state index contributed by atoms with van der Waals surface area (Å²) in [5.41, 5.74) is 2.02. The summed E-state index contributed by atoms with van der Waals surface area (Å²) in [6.45, 7) is 1.76. The van der Waals surface area contributed by atoms with E-state index >= 15 is 0 Å². The summed E-state index contributed by atoms with van der Waals surface area (Å²) < 4.78 is 39.1. The highest BCUT2D eigenvalue weighted by Crippen LogP contribution is 2.21. The largest absolute Gasteiger partial charge is 0.383 e. The van der Waals surface area contributed by atoms with Crippen LogP contribution in [0.4, 0.5) is 8.78 Å². The Morgan fingerprint density at radius 1 is 1.44 bits per heavy atom. The lowest BCUT2D eigenvalue weighted by Gasteiger charge is -2.15. The summed E-state index contributed by atoms with van der Waals surface area (Å²) in [7, 11) is 1.60. The topological polar surface area (TPSA) is 65.4 Å². The minimum Gasteiger partial charge on any atom is -0.383 e. The van der Waals surface area contributed by atoms with Crippen LogP contribution in [0, 0.1) is 11.6 Å². The number of benzene rings is 1. The van der Waals surface area contributed by atoms with Gasteiger partial charge in [0.25, 0.3) is 5.91 Å². The van der Waals surface area contributed by atoms with Gasteiger partial charge >= 0.3 is 0 Å². The predicted octanol–water partition coefficient (Wildman–Crippen LogP) is 1.81. The molecule has 0 fully saturated rings. The second-order valence-electron chi connectivity index (χ2n) is 5.71. The number of nitrogens with zero attached hydrogens (tertiary/aromatic N) is 2. The smallest absolute Gasteiger partial charge is 0.272 e. The van der Waals surface area contributed by atoms with Crippen molar-refractivity contribution in [1.82, 2.24) is 15.1 Å². The third-order valence-corrected chi connectivity index (χ3v) is 4.07. The van der Waals surface area contributed by atoms with Crippen LogP contribution in [-0.4, -0.2) is 36.0 Å². The first-order valence-corrected chi connectivity index (χ1v) is 7.97. The number of methoxy groups -OCH3 is 1. The number of fused-ring (bicyclic) bond motifs is 1. The molecule has 1 aromatic carbocycles. The van der Waals surface area contributed by atoms with Crippen LogP contribution in [0.15, 0.2) is 18.2 Å². The van der Waals surface area contributed by atoms with Gasteiger partial charge in [0.1, 0.15) is 11.6 Å². The molecule has 0 atom stereocenters. The van der Waals surface area contributed by atoms with E-state index in [1.54, 1.807) is 11.8 Å². The molecule has 1 aliphatic heterocycles. The van der Waals surface area contributed by atoms with Gasteiger partial charge < -0.3 is 14.8 Å². The van der Waals surface area contributed by atoms with E-state index in [1.807, 2.05) is 0 Å². The lowest BCUT2D eigenvalue weighted by Crippen LogP contribution is -2.25. The van der Waals surface area contributed by atoms with Gasteiger partial charge in [0, 0.05) is 36.9 Å². The van der Waals surface area contributed by atoms with E-state index in [9.17, 15) is 13.6 Å². The Kier molecular flexibility index (Phi) is 5.40. The molecule has 1 amide bonds. The zero-order valence-electron chi connectivity index (χ0n) is 13.8. The molecular weight excluding hydrogens is 332 g/mol. The van der Waals surface area contributed by atoms with Crippen molar-refractivity contribution >= 4 is 5.91 Å². The normalized spacial score (nSPS) is 13.6. The van der Waals surface area contributed by atoms with Crippen LogP contribution in [0.5, 0.6) is 0 Å². The van der Waals surface area contributed by atoms with Crippen LogP contribution in [0.1, 0.15) is 27.3 Å². The number of hydrogen-bond donors (Lipinski definition) is 1. The number of aromatic nitrogens is 2. The molecule has 3 rings (SSSR count). The van der Waals surface area contributed by atoms with Crippen LogP contribution in [0.3, 0.4) is 0 Å². The van der Waals surface area contributed by atoms with E-state index in [-0.39, 0.29) is 17.8 Å². The van der Waals surface area contributed by atoms with Gasteiger partial charge in [-0.3, -0.25) is 9.48 Å². The van der Waals surface area contributed by atoms with Crippen molar-refractivity contribution in [2.24, 2.45) is 0 Å². The fourth-order valence-electron chi connectivity index (χ4n) is 2.79. The van der Waals surface area contributed by atoms with Gasteiger partial charge in [-0.15, -0.1) is 0 Å². The highest BCUT2D eigenvalue weighted by atomic mass is 19.1. The lowest BCUT2D eigenvalue weighted by atomic mass is 10.1. The van der Waals surface area contributed by atoms with Gasteiger partial charge in [0.05, 0.1) is 26.4 Å². The number of ether oxygens (including phenoxy) is 2. The Labute approximate surface area is 143 Å². The summed E-state index contributed by atoms with van der Waals surface area (Å²) in [6, 6.07) is 3.13. The number of hydrogen-bond acceptors (Lipinski definition) is 4. The molecule has 1 aromatic heterocycles. The Morgan fingerprint density at radius 2 is 2.28 bits per heavy atom. The highest BCUT2D eigenvalue weighted by Gasteiger charge is 2.25. The van der Waals surface area contributed by atoms with E-state index in [1.165, 1.54) is 0 Å². The Morgan fingerprint density at radius 3 is 3.08 bits per heavy atom. The van der Waals surface area contributed by atoms with E-state index in [0.29, 0.717) is 32.8 Å². The summed E-state index contributed by atoms with van der Waals surface area (Å²) in [5.74, 6) is -1.57. The minimum atomic E-state index is -0.572. The van der Waals surface area contributed by atoms with E-state index in [4.69, 9.17) is 9.47 Å². The molecule has 2 heterocycles. The molecule has 1 aliphatic rings. The molecule has 25 heavy (non-hydrogen) atoms. The standard InChI is InChI=1S/C17H19F2N3O3/c1-24-7-5-22-15-4-6-25-10-13(15)16(21-22)17(23)20-9-11-8-12(18)2-3-14(11)19/h2-3,8H,4-7,9-10H2,1H3,(H,20,23). The average Bonchev–Trinajstić information content (AvgIpc) is 2.99. The third kappa shape index (κ3) is 3.85. The highest BCUT2D eigenvalue weighted by molar-refractivity contribution is 5.94. The van der Waals surface area contributed by atoms with Crippen LogP contribution < -0.4 is 5.32 Å².